The Balaban J connectivity index is 1.72. The van der Waals surface area contributed by atoms with Gasteiger partial charge < -0.3 is 9.80 Å². The molecule has 1 saturated heterocycles. The van der Waals surface area contributed by atoms with Crippen molar-refractivity contribution in [2.45, 2.75) is 4.90 Å². The highest BCUT2D eigenvalue weighted by Gasteiger charge is 2.18. The van der Waals surface area contributed by atoms with Crippen molar-refractivity contribution in [3.05, 3.63) is 54.3 Å². The Kier molecular flexibility index (Phi) is 4.73. The van der Waals surface area contributed by atoms with Crippen LogP contribution in [0.4, 0.5) is 15.8 Å². The van der Waals surface area contributed by atoms with Gasteiger partial charge in [0.25, 0.3) is 10.0 Å². The van der Waals surface area contributed by atoms with Crippen LogP contribution in [0.1, 0.15) is 0 Å². The molecule has 2 aromatic rings. The fourth-order valence-corrected chi connectivity index (χ4v) is 3.82. The quantitative estimate of drug-likeness (QED) is 0.864. The number of quaternary nitrogens is 1. The van der Waals surface area contributed by atoms with Crippen LogP contribution in [-0.2, 0) is 10.0 Å². The first-order chi connectivity index (χ1) is 11.4. The van der Waals surface area contributed by atoms with Crippen LogP contribution in [0.5, 0.6) is 0 Å². The molecule has 0 unspecified atom stereocenters. The van der Waals surface area contributed by atoms with Crippen molar-refractivity contribution in [1.29, 1.82) is 0 Å². The average Bonchev–Trinajstić information content (AvgIpc) is 2.56. The van der Waals surface area contributed by atoms with E-state index in [0.717, 1.165) is 37.9 Å². The third kappa shape index (κ3) is 3.85. The average molecular weight is 350 g/mol. The molecule has 0 amide bonds. The summed E-state index contributed by atoms with van der Waals surface area (Å²) < 4.78 is 40.3. The highest BCUT2D eigenvalue weighted by Crippen LogP contribution is 2.21. The zero-order valence-corrected chi connectivity index (χ0v) is 14.3. The first kappa shape index (κ1) is 16.7. The molecule has 1 fully saturated rings. The second-order valence-electron chi connectivity index (χ2n) is 6.05. The van der Waals surface area contributed by atoms with E-state index in [0.29, 0.717) is 5.69 Å². The van der Waals surface area contributed by atoms with Gasteiger partial charge in [0.2, 0.25) is 0 Å². The van der Waals surface area contributed by atoms with Gasteiger partial charge in [-0.05, 0) is 42.5 Å². The van der Waals surface area contributed by atoms with Gasteiger partial charge in [0, 0.05) is 11.4 Å². The molecule has 0 atom stereocenters. The van der Waals surface area contributed by atoms with Crippen LogP contribution in [0.3, 0.4) is 0 Å². The number of hydrogen-bond acceptors (Lipinski definition) is 3. The maximum atomic E-state index is 13.2. The molecule has 2 aromatic carbocycles. The largest absolute Gasteiger partial charge is 0.360 e. The van der Waals surface area contributed by atoms with Gasteiger partial charge in [-0.25, -0.2) is 12.8 Å². The van der Waals surface area contributed by atoms with Gasteiger partial charge >= 0.3 is 0 Å². The van der Waals surface area contributed by atoms with Crippen LogP contribution in [0.2, 0.25) is 0 Å². The molecule has 0 spiro atoms. The first-order valence-corrected chi connectivity index (χ1v) is 9.37. The molecule has 0 aliphatic carbocycles. The van der Waals surface area contributed by atoms with Crippen LogP contribution < -0.4 is 14.5 Å². The van der Waals surface area contributed by atoms with Crippen LogP contribution in [0.15, 0.2) is 53.4 Å². The Morgan fingerprint density at radius 3 is 2.38 bits per heavy atom. The Morgan fingerprint density at radius 1 is 1.08 bits per heavy atom. The molecule has 24 heavy (non-hydrogen) atoms. The number of sulfonamides is 1. The van der Waals surface area contributed by atoms with Crippen LogP contribution in [0, 0.1) is 5.82 Å². The Hall–Kier alpha value is -2.12. The minimum atomic E-state index is -3.79. The van der Waals surface area contributed by atoms with Crippen molar-refractivity contribution in [3.8, 4) is 0 Å². The molecule has 0 bridgehead atoms. The highest BCUT2D eigenvalue weighted by atomic mass is 32.2. The summed E-state index contributed by atoms with van der Waals surface area (Å²) >= 11 is 0. The molecule has 3 rings (SSSR count). The lowest BCUT2D eigenvalue weighted by Gasteiger charge is -2.31. The predicted octanol–water partition coefficient (Wildman–Crippen LogP) is 0.961. The highest BCUT2D eigenvalue weighted by molar-refractivity contribution is 7.92. The van der Waals surface area contributed by atoms with Crippen molar-refractivity contribution >= 4 is 21.4 Å². The lowest BCUT2D eigenvalue weighted by molar-refractivity contribution is -0.880. The summed E-state index contributed by atoms with van der Waals surface area (Å²) in [5.41, 5.74) is 1.54. The monoisotopic (exact) mass is 350 g/mol. The van der Waals surface area contributed by atoms with E-state index in [4.69, 9.17) is 0 Å². The van der Waals surface area contributed by atoms with Crippen molar-refractivity contribution in [2.24, 2.45) is 0 Å². The van der Waals surface area contributed by atoms with E-state index in [1.165, 1.54) is 23.1 Å². The maximum Gasteiger partial charge on any atom is 0.261 e. The summed E-state index contributed by atoms with van der Waals surface area (Å²) in [6, 6.07) is 12.2. The topological polar surface area (TPSA) is 53.9 Å². The Labute approximate surface area is 141 Å². The number of benzene rings is 2. The zero-order valence-electron chi connectivity index (χ0n) is 13.5. The molecule has 7 heteroatoms. The molecule has 0 saturated carbocycles. The molecule has 0 radical (unpaired) electrons. The molecule has 1 heterocycles. The Bertz CT molecular complexity index is 801. The summed E-state index contributed by atoms with van der Waals surface area (Å²) in [6.45, 7) is 4.16. The van der Waals surface area contributed by atoms with Gasteiger partial charge in [-0.15, -0.1) is 0 Å². The lowest BCUT2D eigenvalue weighted by atomic mass is 10.2. The predicted molar refractivity (Wildman–Crippen MR) is 92.5 cm³/mol. The third-order valence-corrected chi connectivity index (χ3v) is 5.59. The van der Waals surface area contributed by atoms with Crippen molar-refractivity contribution in [2.75, 3.05) is 42.8 Å². The molecule has 1 aliphatic rings. The van der Waals surface area contributed by atoms with Gasteiger partial charge in [-0.2, -0.15) is 0 Å². The van der Waals surface area contributed by atoms with Crippen LogP contribution in [0.25, 0.3) is 0 Å². The smallest absolute Gasteiger partial charge is 0.261 e. The van der Waals surface area contributed by atoms with Crippen molar-refractivity contribution in [3.63, 3.8) is 0 Å². The third-order valence-electron chi connectivity index (χ3n) is 4.21. The number of anilines is 2. The van der Waals surface area contributed by atoms with Crippen LogP contribution in [-0.4, -0.2) is 41.6 Å². The van der Waals surface area contributed by atoms with Gasteiger partial charge in [0.05, 0.1) is 38.1 Å². The standard InChI is InChI=1S/C17H20FN3O2S/c1-20-9-11-21(12-10-20)16-7-5-15(6-8-16)19-24(22,23)17-4-2-3-14(18)13-17/h2-8,13,19H,9-12H2,1H3/p+1. The van der Waals surface area contributed by atoms with Gasteiger partial charge in [0.1, 0.15) is 5.82 Å². The van der Waals surface area contributed by atoms with Gasteiger partial charge in [0.15, 0.2) is 0 Å². The number of rotatable bonds is 4. The lowest BCUT2D eigenvalue weighted by Crippen LogP contribution is -3.12. The molecular formula is C17H21FN3O2S+. The van der Waals surface area contributed by atoms with E-state index in [-0.39, 0.29) is 4.90 Å². The molecule has 2 N–H and O–H groups in total. The summed E-state index contributed by atoms with van der Waals surface area (Å²) in [7, 11) is -1.61. The fraction of sp³-hybridized carbons (Fsp3) is 0.294. The fourth-order valence-electron chi connectivity index (χ4n) is 2.74. The first-order valence-electron chi connectivity index (χ1n) is 7.89. The number of halogens is 1. The minimum absolute atomic E-state index is 0.0892. The van der Waals surface area contributed by atoms with E-state index >= 15 is 0 Å². The SMILES string of the molecule is C[NH+]1CCN(c2ccc(NS(=O)(=O)c3cccc(F)c3)cc2)CC1. The minimum Gasteiger partial charge on any atom is -0.360 e. The van der Waals surface area contributed by atoms with Crippen LogP contribution >= 0.6 is 0 Å². The number of nitrogens with zero attached hydrogens (tertiary/aromatic N) is 1. The molecule has 0 aromatic heterocycles. The number of hydrogen-bond donors (Lipinski definition) is 2. The van der Waals surface area contributed by atoms with Crippen molar-refractivity contribution < 1.29 is 17.7 Å². The van der Waals surface area contributed by atoms with Gasteiger partial charge in [-0.1, -0.05) is 6.07 Å². The summed E-state index contributed by atoms with van der Waals surface area (Å²) in [5, 5.41) is 0. The number of piperazine rings is 1. The Morgan fingerprint density at radius 2 is 1.75 bits per heavy atom. The van der Waals surface area contributed by atoms with E-state index in [2.05, 4.69) is 16.7 Å². The second kappa shape index (κ2) is 6.78. The summed E-state index contributed by atoms with van der Waals surface area (Å²) in [5.74, 6) is -0.578. The van der Waals surface area contributed by atoms with E-state index in [9.17, 15) is 12.8 Å². The van der Waals surface area contributed by atoms with Crippen molar-refractivity contribution in [1.82, 2.24) is 0 Å². The summed E-state index contributed by atoms with van der Waals surface area (Å²) in [6.07, 6.45) is 0. The maximum absolute atomic E-state index is 13.2. The number of likely N-dealkylation sites (N-methyl/N-ethyl adjacent to an activating group) is 1. The zero-order chi connectivity index (χ0) is 17.2. The normalized spacial score (nSPS) is 16.2. The molecule has 5 nitrogen and oxygen atoms in total. The van der Waals surface area contributed by atoms with E-state index in [1.54, 1.807) is 12.1 Å². The molecular weight excluding hydrogens is 329 g/mol. The van der Waals surface area contributed by atoms with E-state index < -0.39 is 15.8 Å². The molecule has 128 valence electrons. The second-order valence-corrected chi connectivity index (χ2v) is 7.74. The number of nitrogens with one attached hydrogen (secondary N) is 2. The van der Waals surface area contributed by atoms with E-state index in [1.807, 2.05) is 12.1 Å². The molecule has 1 aliphatic heterocycles. The summed E-state index contributed by atoms with van der Waals surface area (Å²) in [4.78, 5) is 3.72. The van der Waals surface area contributed by atoms with Gasteiger partial charge in [-0.3, -0.25) is 4.72 Å².